The number of nitrogens with zero attached hydrogens (tertiary/aromatic N) is 1. The first kappa shape index (κ1) is 13.4. The zero-order chi connectivity index (χ0) is 13.9. The summed E-state index contributed by atoms with van der Waals surface area (Å²) in [6.45, 7) is 1.93. The highest BCUT2D eigenvalue weighted by molar-refractivity contribution is 5.93. The van der Waals surface area contributed by atoms with Crippen LogP contribution in [0, 0.1) is 0 Å². The van der Waals surface area contributed by atoms with E-state index in [1.165, 1.54) is 0 Å². The van der Waals surface area contributed by atoms with E-state index in [1.807, 2.05) is 24.3 Å². The maximum atomic E-state index is 12.5. The van der Waals surface area contributed by atoms with Crippen molar-refractivity contribution in [2.24, 2.45) is 0 Å². The van der Waals surface area contributed by atoms with Crippen molar-refractivity contribution in [3.63, 3.8) is 0 Å². The smallest absolute Gasteiger partial charge is 0.322 e. The fourth-order valence-corrected chi connectivity index (χ4v) is 2.85. The molecular weight excluding hydrogens is 256 g/mol. The molecule has 0 spiro atoms. The third kappa shape index (κ3) is 2.64. The first-order valence-corrected chi connectivity index (χ1v) is 7.18. The number of urea groups is 1. The van der Waals surface area contributed by atoms with Crippen LogP contribution in [-0.2, 0) is 4.74 Å². The van der Waals surface area contributed by atoms with Gasteiger partial charge in [-0.2, -0.15) is 0 Å². The maximum absolute atomic E-state index is 12.5. The minimum Gasteiger partial charge on any atom is -0.388 e. The Kier molecular flexibility index (Phi) is 3.89. The molecule has 2 aliphatic heterocycles. The van der Waals surface area contributed by atoms with Crippen molar-refractivity contribution in [2.75, 3.05) is 24.7 Å². The summed E-state index contributed by atoms with van der Waals surface area (Å²) in [5.41, 5.74) is 1.65. The Bertz CT molecular complexity index is 486. The summed E-state index contributed by atoms with van der Waals surface area (Å²) < 4.78 is 5.28. The van der Waals surface area contributed by atoms with Gasteiger partial charge in [0.25, 0.3) is 0 Å². The van der Waals surface area contributed by atoms with Crippen molar-refractivity contribution in [3.05, 3.63) is 29.8 Å². The van der Waals surface area contributed by atoms with Gasteiger partial charge in [-0.25, -0.2) is 4.79 Å². The van der Waals surface area contributed by atoms with Gasteiger partial charge in [-0.05, 0) is 25.3 Å². The van der Waals surface area contributed by atoms with Gasteiger partial charge in [-0.15, -0.1) is 0 Å². The van der Waals surface area contributed by atoms with Crippen LogP contribution in [0.3, 0.4) is 0 Å². The number of nitrogens with one attached hydrogen (secondary N) is 1. The number of benzene rings is 1. The number of rotatable bonds is 1. The predicted octanol–water partition coefficient (Wildman–Crippen LogP) is 1.82. The molecule has 0 saturated carbocycles. The number of fused-ring (bicyclic) bond motifs is 1. The lowest BCUT2D eigenvalue weighted by atomic mass is 10.0. The van der Waals surface area contributed by atoms with E-state index in [-0.39, 0.29) is 12.1 Å². The zero-order valence-corrected chi connectivity index (χ0v) is 11.4. The summed E-state index contributed by atoms with van der Waals surface area (Å²) in [6, 6.07) is 7.59. The first-order chi connectivity index (χ1) is 9.75. The van der Waals surface area contributed by atoms with E-state index in [1.54, 1.807) is 4.90 Å². The third-order valence-electron chi connectivity index (χ3n) is 3.95. The molecule has 0 bridgehead atoms. The van der Waals surface area contributed by atoms with Gasteiger partial charge in [0.2, 0.25) is 0 Å². The fraction of sp³-hybridized carbons (Fsp3) is 0.533. The van der Waals surface area contributed by atoms with Crippen LogP contribution in [0.15, 0.2) is 24.3 Å². The molecule has 1 aromatic carbocycles. The van der Waals surface area contributed by atoms with Crippen LogP contribution < -0.4 is 10.2 Å². The van der Waals surface area contributed by atoms with Crippen LogP contribution in [0.2, 0.25) is 0 Å². The number of para-hydroxylation sites is 1. The van der Waals surface area contributed by atoms with Crippen molar-refractivity contribution >= 4 is 11.7 Å². The van der Waals surface area contributed by atoms with Gasteiger partial charge in [-0.1, -0.05) is 18.2 Å². The highest BCUT2D eigenvalue weighted by Crippen LogP contribution is 2.32. The number of hydrogen-bond donors (Lipinski definition) is 2. The highest BCUT2D eigenvalue weighted by atomic mass is 16.5. The van der Waals surface area contributed by atoms with E-state index < -0.39 is 6.10 Å². The van der Waals surface area contributed by atoms with Crippen molar-refractivity contribution in [2.45, 2.75) is 31.4 Å². The van der Waals surface area contributed by atoms with Gasteiger partial charge in [0, 0.05) is 18.7 Å². The molecular formula is C15H20N2O3. The Hall–Kier alpha value is -1.59. The predicted molar refractivity (Wildman–Crippen MR) is 75.7 cm³/mol. The minimum absolute atomic E-state index is 0.0953. The Morgan fingerprint density at radius 1 is 1.35 bits per heavy atom. The molecule has 2 aliphatic rings. The molecule has 5 heteroatoms. The summed E-state index contributed by atoms with van der Waals surface area (Å²) in [5, 5.41) is 13.2. The van der Waals surface area contributed by atoms with E-state index >= 15 is 0 Å². The SMILES string of the molecule is O=C(NC1CCOC1)N1CCCC(O)c2ccccc21. The normalized spacial score (nSPS) is 25.9. The van der Waals surface area contributed by atoms with E-state index in [9.17, 15) is 9.90 Å². The second kappa shape index (κ2) is 5.81. The Labute approximate surface area is 118 Å². The largest absolute Gasteiger partial charge is 0.388 e. The molecule has 2 amide bonds. The van der Waals surface area contributed by atoms with Crippen LogP contribution in [-0.4, -0.2) is 36.9 Å². The van der Waals surface area contributed by atoms with Crippen LogP contribution in [0.25, 0.3) is 0 Å². The number of anilines is 1. The summed E-state index contributed by atoms with van der Waals surface area (Å²) in [6.07, 6.45) is 1.86. The molecule has 0 aromatic heterocycles. The Balaban J connectivity index is 1.81. The number of hydrogen-bond acceptors (Lipinski definition) is 3. The number of carbonyl (C=O) groups is 1. The van der Waals surface area contributed by atoms with E-state index in [0.29, 0.717) is 26.2 Å². The molecule has 2 N–H and O–H groups in total. The monoisotopic (exact) mass is 276 g/mol. The standard InChI is InChI=1S/C15H20N2O3/c18-14-6-3-8-17(13-5-2-1-4-12(13)14)15(19)16-11-7-9-20-10-11/h1-2,4-5,11,14,18H,3,6-10H2,(H,16,19). The second-order valence-corrected chi connectivity index (χ2v) is 5.38. The molecule has 0 aliphatic carbocycles. The van der Waals surface area contributed by atoms with E-state index in [4.69, 9.17) is 4.74 Å². The van der Waals surface area contributed by atoms with Crippen LogP contribution in [0.5, 0.6) is 0 Å². The lowest BCUT2D eigenvalue weighted by molar-refractivity contribution is 0.168. The molecule has 2 heterocycles. The Morgan fingerprint density at radius 3 is 3.00 bits per heavy atom. The van der Waals surface area contributed by atoms with E-state index in [2.05, 4.69) is 5.32 Å². The maximum Gasteiger partial charge on any atom is 0.322 e. The molecule has 108 valence electrons. The molecule has 1 aromatic rings. The van der Waals surface area contributed by atoms with Gasteiger partial charge >= 0.3 is 6.03 Å². The summed E-state index contributed by atoms with van der Waals surface area (Å²) in [5.74, 6) is 0. The molecule has 1 saturated heterocycles. The summed E-state index contributed by atoms with van der Waals surface area (Å²) in [7, 11) is 0. The molecule has 20 heavy (non-hydrogen) atoms. The first-order valence-electron chi connectivity index (χ1n) is 7.18. The number of carbonyl (C=O) groups excluding carboxylic acids is 1. The third-order valence-corrected chi connectivity index (χ3v) is 3.95. The van der Waals surface area contributed by atoms with Crippen molar-refractivity contribution in [1.82, 2.24) is 5.32 Å². The number of aliphatic hydroxyl groups is 1. The van der Waals surface area contributed by atoms with Gasteiger partial charge < -0.3 is 15.2 Å². The van der Waals surface area contributed by atoms with Gasteiger partial charge in [0.1, 0.15) is 0 Å². The van der Waals surface area contributed by atoms with E-state index in [0.717, 1.165) is 24.1 Å². The van der Waals surface area contributed by atoms with Gasteiger partial charge in [0.15, 0.2) is 0 Å². The summed E-state index contributed by atoms with van der Waals surface area (Å²) >= 11 is 0. The lowest BCUT2D eigenvalue weighted by Gasteiger charge is -2.25. The molecule has 1 fully saturated rings. The molecule has 3 rings (SSSR count). The van der Waals surface area contributed by atoms with Crippen LogP contribution >= 0.6 is 0 Å². The highest BCUT2D eigenvalue weighted by Gasteiger charge is 2.27. The topological polar surface area (TPSA) is 61.8 Å². The quantitative estimate of drug-likeness (QED) is 0.822. The number of aliphatic hydroxyl groups excluding tert-OH is 1. The number of ether oxygens (including phenoxy) is 1. The average molecular weight is 276 g/mol. The van der Waals surface area contributed by atoms with Gasteiger partial charge in [0.05, 0.1) is 24.4 Å². The average Bonchev–Trinajstić information content (AvgIpc) is 2.90. The Morgan fingerprint density at radius 2 is 2.20 bits per heavy atom. The lowest BCUT2D eigenvalue weighted by Crippen LogP contribution is -2.45. The molecule has 0 radical (unpaired) electrons. The van der Waals surface area contributed by atoms with Crippen LogP contribution in [0.1, 0.15) is 30.9 Å². The van der Waals surface area contributed by atoms with Crippen LogP contribution in [0.4, 0.5) is 10.5 Å². The molecule has 2 unspecified atom stereocenters. The number of amides is 2. The zero-order valence-electron chi connectivity index (χ0n) is 11.4. The molecule has 5 nitrogen and oxygen atoms in total. The second-order valence-electron chi connectivity index (χ2n) is 5.38. The van der Waals surface area contributed by atoms with Crippen molar-refractivity contribution in [1.29, 1.82) is 0 Å². The van der Waals surface area contributed by atoms with Crippen molar-refractivity contribution < 1.29 is 14.6 Å². The fourth-order valence-electron chi connectivity index (χ4n) is 2.85. The summed E-state index contributed by atoms with van der Waals surface area (Å²) in [4.78, 5) is 14.2. The van der Waals surface area contributed by atoms with Gasteiger partial charge in [-0.3, -0.25) is 4.90 Å². The minimum atomic E-state index is -0.487. The van der Waals surface area contributed by atoms with Crippen molar-refractivity contribution in [3.8, 4) is 0 Å². The molecule has 2 atom stereocenters.